The molecule has 10 heteroatoms. The van der Waals surface area contributed by atoms with E-state index in [1.807, 2.05) is 0 Å². The Morgan fingerprint density at radius 3 is 2.31 bits per heavy atom. The van der Waals surface area contributed by atoms with Crippen molar-refractivity contribution in [2.45, 2.75) is 30.4 Å². The van der Waals surface area contributed by atoms with Gasteiger partial charge in [-0.3, -0.25) is 4.90 Å². The van der Waals surface area contributed by atoms with Crippen LogP contribution in [0.5, 0.6) is 0 Å². The number of sulfonamides is 1. The van der Waals surface area contributed by atoms with Gasteiger partial charge < -0.3 is 4.74 Å². The lowest BCUT2D eigenvalue weighted by Crippen LogP contribution is -2.50. The SMILES string of the molecule is O=C1OCc2cc(Cl)ccc2N1C1CCN(S(=O)(=O)c2ccc(Cl)cc2Cl)CC1. The second-order valence-electron chi connectivity index (χ2n) is 6.91. The molecule has 0 aliphatic carbocycles. The number of halogens is 3. The molecule has 0 N–H and O–H groups in total. The molecule has 6 nitrogen and oxygen atoms in total. The highest BCUT2D eigenvalue weighted by Crippen LogP contribution is 2.35. The van der Waals surface area contributed by atoms with Gasteiger partial charge in [0.25, 0.3) is 0 Å². The minimum atomic E-state index is -3.75. The molecule has 154 valence electrons. The standard InChI is InChI=1S/C19H17Cl3N2O4S/c20-13-1-3-17-12(9-13)11-28-19(25)24(17)15-5-7-23(8-6-15)29(26,27)18-4-2-14(21)10-16(18)22/h1-4,9-10,15H,5-8,11H2. The molecule has 0 aromatic heterocycles. The highest BCUT2D eigenvalue weighted by molar-refractivity contribution is 7.89. The molecule has 0 atom stereocenters. The monoisotopic (exact) mass is 474 g/mol. The minimum absolute atomic E-state index is 0.0272. The number of rotatable bonds is 3. The molecule has 1 amide bonds. The number of hydrogen-bond acceptors (Lipinski definition) is 4. The summed E-state index contributed by atoms with van der Waals surface area (Å²) < 4.78 is 32.6. The number of hydrogen-bond donors (Lipinski definition) is 0. The number of ether oxygens (including phenoxy) is 1. The summed E-state index contributed by atoms with van der Waals surface area (Å²) in [6, 6.07) is 9.46. The van der Waals surface area contributed by atoms with Crippen molar-refractivity contribution in [2.24, 2.45) is 0 Å². The number of carbonyl (C=O) groups is 1. The molecule has 0 saturated carbocycles. The summed E-state index contributed by atoms with van der Waals surface area (Å²) in [5.41, 5.74) is 1.59. The number of anilines is 1. The van der Waals surface area contributed by atoms with Crippen molar-refractivity contribution < 1.29 is 17.9 Å². The molecule has 2 aliphatic rings. The van der Waals surface area contributed by atoms with Crippen LogP contribution in [0.15, 0.2) is 41.3 Å². The molecule has 2 aliphatic heterocycles. The Morgan fingerprint density at radius 2 is 1.62 bits per heavy atom. The average molecular weight is 476 g/mol. The molecule has 0 unspecified atom stereocenters. The first-order chi connectivity index (χ1) is 13.8. The van der Waals surface area contributed by atoms with Crippen LogP contribution in [0.1, 0.15) is 18.4 Å². The molecule has 2 aromatic rings. The van der Waals surface area contributed by atoms with Gasteiger partial charge in [-0.05, 0) is 49.2 Å². The van der Waals surface area contributed by atoms with Gasteiger partial charge in [-0.25, -0.2) is 13.2 Å². The number of nitrogens with zero attached hydrogens (tertiary/aromatic N) is 2. The van der Waals surface area contributed by atoms with Crippen LogP contribution in [0.4, 0.5) is 10.5 Å². The third-order valence-corrected chi connectivity index (χ3v) is 8.00. The van der Waals surface area contributed by atoms with Crippen LogP contribution >= 0.6 is 34.8 Å². The number of fused-ring (bicyclic) bond motifs is 1. The predicted octanol–water partition coefficient (Wildman–Crippen LogP) is 4.96. The van der Waals surface area contributed by atoms with Crippen molar-refractivity contribution in [2.75, 3.05) is 18.0 Å². The molecule has 1 saturated heterocycles. The zero-order chi connectivity index (χ0) is 20.8. The zero-order valence-electron chi connectivity index (χ0n) is 15.1. The van der Waals surface area contributed by atoms with Crippen molar-refractivity contribution in [3.63, 3.8) is 0 Å². The summed E-state index contributed by atoms with van der Waals surface area (Å²) in [6.07, 6.45) is 0.519. The molecule has 4 rings (SSSR count). The zero-order valence-corrected chi connectivity index (χ0v) is 18.2. The Balaban J connectivity index is 1.53. The lowest BCUT2D eigenvalue weighted by atomic mass is 10.0. The highest BCUT2D eigenvalue weighted by Gasteiger charge is 2.37. The van der Waals surface area contributed by atoms with E-state index in [2.05, 4.69) is 0 Å². The Kier molecular flexibility index (Phi) is 5.70. The molecule has 2 aromatic carbocycles. The van der Waals surface area contributed by atoms with E-state index < -0.39 is 16.1 Å². The van der Waals surface area contributed by atoms with Crippen molar-refractivity contribution in [1.29, 1.82) is 0 Å². The second kappa shape index (κ2) is 7.96. The smallest absolute Gasteiger partial charge is 0.414 e. The largest absolute Gasteiger partial charge is 0.444 e. The molecule has 29 heavy (non-hydrogen) atoms. The number of piperidine rings is 1. The average Bonchev–Trinajstić information content (AvgIpc) is 2.68. The summed E-state index contributed by atoms with van der Waals surface area (Å²) in [7, 11) is -3.75. The predicted molar refractivity (Wildman–Crippen MR) is 112 cm³/mol. The number of cyclic esters (lactones) is 1. The van der Waals surface area contributed by atoms with Crippen LogP contribution in [-0.4, -0.2) is 37.9 Å². The van der Waals surface area contributed by atoms with Gasteiger partial charge >= 0.3 is 6.09 Å². The molecule has 0 bridgehead atoms. The number of benzene rings is 2. The number of amides is 1. The van der Waals surface area contributed by atoms with Crippen molar-refractivity contribution >= 4 is 56.6 Å². The van der Waals surface area contributed by atoms with Gasteiger partial charge in [-0.2, -0.15) is 4.31 Å². The van der Waals surface area contributed by atoms with Crippen molar-refractivity contribution in [3.8, 4) is 0 Å². The Morgan fingerprint density at radius 1 is 0.966 bits per heavy atom. The Bertz CT molecular complexity index is 1070. The van der Waals surface area contributed by atoms with Crippen LogP contribution in [0.2, 0.25) is 15.1 Å². The van der Waals surface area contributed by atoms with Gasteiger partial charge in [0, 0.05) is 34.7 Å². The lowest BCUT2D eigenvalue weighted by Gasteiger charge is -2.39. The fraction of sp³-hybridized carbons (Fsp3) is 0.316. The van der Waals surface area contributed by atoms with E-state index in [4.69, 9.17) is 39.5 Å². The van der Waals surface area contributed by atoms with Gasteiger partial charge in [0.2, 0.25) is 10.0 Å². The van der Waals surface area contributed by atoms with Gasteiger partial charge in [0.05, 0.1) is 10.7 Å². The summed E-state index contributed by atoms with van der Waals surface area (Å²) in [6.45, 7) is 0.699. The van der Waals surface area contributed by atoms with Crippen LogP contribution in [0, 0.1) is 0 Å². The quantitative estimate of drug-likeness (QED) is 0.629. The van der Waals surface area contributed by atoms with E-state index in [9.17, 15) is 13.2 Å². The maximum Gasteiger partial charge on any atom is 0.414 e. The fourth-order valence-corrected chi connectivity index (χ4v) is 6.13. The molecular weight excluding hydrogens is 459 g/mol. The van der Waals surface area contributed by atoms with Gasteiger partial charge in [0.1, 0.15) is 11.5 Å². The van der Waals surface area contributed by atoms with Gasteiger partial charge in [0.15, 0.2) is 0 Å². The van der Waals surface area contributed by atoms with E-state index in [0.29, 0.717) is 22.9 Å². The topological polar surface area (TPSA) is 66.9 Å². The van der Waals surface area contributed by atoms with E-state index >= 15 is 0 Å². The van der Waals surface area contributed by atoms with E-state index in [0.717, 1.165) is 11.3 Å². The first kappa shape index (κ1) is 20.8. The highest BCUT2D eigenvalue weighted by atomic mass is 35.5. The van der Waals surface area contributed by atoms with Crippen molar-refractivity contribution in [1.82, 2.24) is 4.31 Å². The first-order valence-corrected chi connectivity index (χ1v) is 11.5. The van der Waals surface area contributed by atoms with Crippen LogP contribution in [-0.2, 0) is 21.4 Å². The van der Waals surface area contributed by atoms with Crippen LogP contribution in [0.25, 0.3) is 0 Å². The third kappa shape index (κ3) is 3.94. The van der Waals surface area contributed by atoms with Gasteiger partial charge in [-0.1, -0.05) is 34.8 Å². The molecule has 0 spiro atoms. The normalized spacial score (nSPS) is 18.4. The summed E-state index contributed by atoms with van der Waals surface area (Å²) in [4.78, 5) is 14.1. The van der Waals surface area contributed by atoms with E-state index in [1.165, 1.54) is 22.5 Å². The second-order valence-corrected chi connectivity index (χ2v) is 10.1. The minimum Gasteiger partial charge on any atom is -0.444 e. The maximum absolute atomic E-state index is 13.0. The Hall–Kier alpha value is -1.51. The first-order valence-electron chi connectivity index (χ1n) is 8.97. The van der Waals surface area contributed by atoms with E-state index in [-0.39, 0.29) is 35.7 Å². The molecular formula is C19H17Cl3N2O4S. The molecule has 2 heterocycles. The summed E-state index contributed by atoms with van der Waals surface area (Å²) >= 11 is 18.0. The fourth-order valence-electron chi connectivity index (χ4n) is 3.72. The maximum atomic E-state index is 13.0. The van der Waals surface area contributed by atoms with Gasteiger partial charge in [-0.15, -0.1) is 0 Å². The van der Waals surface area contributed by atoms with E-state index in [1.54, 1.807) is 23.1 Å². The lowest BCUT2D eigenvalue weighted by molar-refractivity contribution is 0.136. The summed E-state index contributed by atoms with van der Waals surface area (Å²) in [5, 5.41) is 1.03. The van der Waals surface area contributed by atoms with Crippen LogP contribution < -0.4 is 4.90 Å². The molecule has 0 radical (unpaired) electrons. The van der Waals surface area contributed by atoms with Crippen molar-refractivity contribution in [3.05, 3.63) is 57.0 Å². The Labute approximate surface area is 183 Å². The molecule has 1 fully saturated rings. The number of carbonyl (C=O) groups excluding carboxylic acids is 1. The van der Waals surface area contributed by atoms with Crippen LogP contribution in [0.3, 0.4) is 0 Å². The summed E-state index contributed by atoms with van der Waals surface area (Å²) in [5.74, 6) is 0. The third-order valence-electron chi connectivity index (χ3n) is 5.15.